The summed E-state index contributed by atoms with van der Waals surface area (Å²) in [6.45, 7) is 7.29. The van der Waals surface area contributed by atoms with Gasteiger partial charge in [0.05, 0.1) is 12.6 Å². The summed E-state index contributed by atoms with van der Waals surface area (Å²) in [5.41, 5.74) is 2.94. The predicted octanol–water partition coefficient (Wildman–Crippen LogP) is 3.99. The molecule has 1 atom stereocenters. The van der Waals surface area contributed by atoms with Gasteiger partial charge in [0.2, 0.25) is 0 Å². The van der Waals surface area contributed by atoms with Gasteiger partial charge in [-0.25, -0.2) is 13.8 Å². The molecule has 5 nitrogen and oxygen atoms in total. The number of nitrogens with one attached hydrogen (secondary N) is 2. The molecule has 0 bridgehead atoms. The molecular formula is C24H32F2N4O. The van der Waals surface area contributed by atoms with E-state index >= 15 is 0 Å². The molecule has 0 spiro atoms. The summed E-state index contributed by atoms with van der Waals surface area (Å²) >= 11 is 0. The third-order valence-electron chi connectivity index (χ3n) is 5.74. The van der Waals surface area contributed by atoms with Crippen LogP contribution < -0.4 is 15.5 Å². The van der Waals surface area contributed by atoms with Gasteiger partial charge in [-0.15, -0.1) is 0 Å². The molecule has 1 aliphatic heterocycles. The Labute approximate surface area is 183 Å². The van der Waals surface area contributed by atoms with Gasteiger partial charge in [-0.2, -0.15) is 0 Å². The van der Waals surface area contributed by atoms with Crippen LogP contribution in [-0.4, -0.2) is 37.3 Å². The second kappa shape index (κ2) is 11.1. The Balaban J connectivity index is 1.60. The van der Waals surface area contributed by atoms with Gasteiger partial charge >= 0.3 is 0 Å². The highest BCUT2D eigenvalue weighted by Crippen LogP contribution is 2.23. The van der Waals surface area contributed by atoms with Crippen LogP contribution in [0.2, 0.25) is 0 Å². The normalized spacial score (nSPS) is 16.3. The van der Waals surface area contributed by atoms with Crippen LogP contribution in [0.1, 0.15) is 43.9 Å². The summed E-state index contributed by atoms with van der Waals surface area (Å²) < 4.78 is 26.7. The average Bonchev–Trinajstić information content (AvgIpc) is 2.80. The SMILES string of the molecule is CCNC(=NCc1ccc(N2CCC(CO)CC2)cc1)NC(C)c1ccc(F)c(F)c1. The minimum atomic E-state index is -0.853. The van der Waals surface area contributed by atoms with E-state index in [2.05, 4.69) is 44.8 Å². The van der Waals surface area contributed by atoms with Crippen molar-refractivity contribution in [2.45, 2.75) is 39.3 Å². The highest BCUT2D eigenvalue weighted by Gasteiger charge is 2.18. The minimum absolute atomic E-state index is 0.225. The number of halogens is 2. The van der Waals surface area contributed by atoms with E-state index in [1.165, 1.54) is 11.8 Å². The smallest absolute Gasteiger partial charge is 0.192 e. The van der Waals surface area contributed by atoms with Crippen LogP contribution in [-0.2, 0) is 6.54 Å². The summed E-state index contributed by atoms with van der Waals surface area (Å²) in [4.78, 5) is 6.99. The quantitative estimate of drug-likeness (QED) is 0.459. The van der Waals surface area contributed by atoms with Crippen LogP contribution in [0.4, 0.5) is 14.5 Å². The van der Waals surface area contributed by atoms with Crippen LogP contribution in [0.3, 0.4) is 0 Å². The van der Waals surface area contributed by atoms with Crippen molar-refractivity contribution in [3.05, 3.63) is 65.2 Å². The highest BCUT2D eigenvalue weighted by atomic mass is 19.2. The summed E-state index contributed by atoms with van der Waals surface area (Å²) in [7, 11) is 0. The van der Waals surface area contributed by atoms with Crippen molar-refractivity contribution in [2.75, 3.05) is 31.1 Å². The number of aliphatic hydroxyl groups excluding tert-OH is 1. The fraction of sp³-hybridized carbons (Fsp3) is 0.458. The first-order valence-electron chi connectivity index (χ1n) is 10.9. The van der Waals surface area contributed by atoms with Gasteiger partial charge < -0.3 is 20.6 Å². The molecule has 1 unspecified atom stereocenters. The van der Waals surface area contributed by atoms with Gasteiger partial charge in [0, 0.05) is 31.9 Å². The first kappa shape index (κ1) is 23.0. The zero-order chi connectivity index (χ0) is 22.2. The van der Waals surface area contributed by atoms with Crippen LogP contribution in [0.5, 0.6) is 0 Å². The van der Waals surface area contributed by atoms with Gasteiger partial charge in [0.1, 0.15) is 0 Å². The van der Waals surface area contributed by atoms with Gasteiger partial charge in [-0.1, -0.05) is 18.2 Å². The van der Waals surface area contributed by atoms with Crippen molar-refractivity contribution in [3.63, 3.8) is 0 Å². The maximum absolute atomic E-state index is 13.5. The number of aliphatic imine (C=N–C) groups is 1. The number of guanidine groups is 1. The zero-order valence-electron chi connectivity index (χ0n) is 18.2. The fourth-order valence-electron chi connectivity index (χ4n) is 3.75. The van der Waals surface area contributed by atoms with E-state index in [0.29, 0.717) is 30.5 Å². The van der Waals surface area contributed by atoms with Gasteiger partial charge in [-0.3, -0.25) is 0 Å². The third-order valence-corrected chi connectivity index (χ3v) is 5.74. The van der Waals surface area contributed by atoms with E-state index in [9.17, 15) is 13.9 Å². The molecule has 0 aliphatic carbocycles. The lowest BCUT2D eigenvalue weighted by atomic mass is 9.97. The lowest BCUT2D eigenvalue weighted by Gasteiger charge is -2.32. The first-order chi connectivity index (χ1) is 15.0. The Kier molecular flexibility index (Phi) is 8.23. The second-order valence-corrected chi connectivity index (χ2v) is 8.01. The maximum Gasteiger partial charge on any atom is 0.192 e. The first-order valence-corrected chi connectivity index (χ1v) is 10.9. The van der Waals surface area contributed by atoms with E-state index in [0.717, 1.165) is 37.6 Å². The predicted molar refractivity (Wildman–Crippen MR) is 121 cm³/mol. The maximum atomic E-state index is 13.5. The summed E-state index contributed by atoms with van der Waals surface area (Å²) in [6, 6.07) is 12.1. The summed E-state index contributed by atoms with van der Waals surface area (Å²) in [6.07, 6.45) is 2.05. The zero-order valence-corrected chi connectivity index (χ0v) is 18.2. The Morgan fingerprint density at radius 2 is 1.84 bits per heavy atom. The molecule has 1 heterocycles. The van der Waals surface area contributed by atoms with Crippen molar-refractivity contribution >= 4 is 11.6 Å². The number of piperidine rings is 1. The van der Waals surface area contributed by atoms with Crippen molar-refractivity contribution in [1.29, 1.82) is 0 Å². The molecular weight excluding hydrogens is 398 g/mol. The van der Waals surface area contributed by atoms with Crippen molar-refractivity contribution < 1.29 is 13.9 Å². The van der Waals surface area contributed by atoms with Gasteiger partial charge in [0.15, 0.2) is 17.6 Å². The van der Waals surface area contributed by atoms with E-state index in [1.54, 1.807) is 6.07 Å². The van der Waals surface area contributed by atoms with Crippen LogP contribution in [0.25, 0.3) is 0 Å². The van der Waals surface area contributed by atoms with Crippen LogP contribution >= 0.6 is 0 Å². The number of aliphatic hydroxyl groups is 1. The lowest BCUT2D eigenvalue weighted by Crippen LogP contribution is -2.38. The molecule has 0 amide bonds. The fourth-order valence-corrected chi connectivity index (χ4v) is 3.75. The lowest BCUT2D eigenvalue weighted by molar-refractivity contribution is 0.203. The van der Waals surface area contributed by atoms with Crippen LogP contribution in [0.15, 0.2) is 47.5 Å². The molecule has 3 N–H and O–H groups in total. The van der Waals surface area contributed by atoms with E-state index in [1.807, 2.05) is 13.8 Å². The minimum Gasteiger partial charge on any atom is -0.396 e. The molecule has 3 rings (SSSR count). The largest absolute Gasteiger partial charge is 0.396 e. The Bertz CT molecular complexity index is 864. The molecule has 0 radical (unpaired) electrons. The van der Waals surface area contributed by atoms with Gasteiger partial charge in [-0.05, 0) is 68.0 Å². The Morgan fingerprint density at radius 3 is 2.45 bits per heavy atom. The number of rotatable bonds is 7. The molecule has 31 heavy (non-hydrogen) atoms. The molecule has 0 saturated carbocycles. The number of nitrogens with zero attached hydrogens (tertiary/aromatic N) is 2. The number of benzene rings is 2. The van der Waals surface area contributed by atoms with Crippen molar-refractivity contribution in [1.82, 2.24) is 10.6 Å². The van der Waals surface area contributed by atoms with Gasteiger partial charge in [0.25, 0.3) is 0 Å². The van der Waals surface area contributed by atoms with E-state index < -0.39 is 11.6 Å². The molecule has 1 fully saturated rings. The topological polar surface area (TPSA) is 59.9 Å². The molecule has 7 heteroatoms. The summed E-state index contributed by atoms with van der Waals surface area (Å²) in [5, 5.41) is 15.7. The molecule has 1 saturated heterocycles. The van der Waals surface area contributed by atoms with E-state index in [-0.39, 0.29) is 12.6 Å². The molecule has 2 aromatic rings. The third kappa shape index (κ3) is 6.40. The monoisotopic (exact) mass is 430 g/mol. The Morgan fingerprint density at radius 1 is 1.13 bits per heavy atom. The van der Waals surface area contributed by atoms with Crippen molar-refractivity contribution in [2.24, 2.45) is 10.9 Å². The summed E-state index contributed by atoms with van der Waals surface area (Å²) in [5.74, 6) is -0.656. The number of hydrogen-bond donors (Lipinski definition) is 3. The van der Waals surface area contributed by atoms with E-state index in [4.69, 9.17) is 0 Å². The van der Waals surface area contributed by atoms with Crippen molar-refractivity contribution in [3.8, 4) is 0 Å². The molecule has 1 aliphatic rings. The molecule has 0 aromatic heterocycles. The highest BCUT2D eigenvalue weighted by molar-refractivity contribution is 5.80. The van der Waals surface area contributed by atoms with Crippen LogP contribution in [0, 0.1) is 17.6 Å². The molecule has 168 valence electrons. The average molecular weight is 431 g/mol. The Hall–Kier alpha value is -2.67. The standard InChI is InChI=1S/C24H32F2N4O/c1-3-27-24(29-17(2)20-6-9-22(25)23(26)14-20)28-15-18-4-7-21(8-5-18)30-12-10-19(16-31)11-13-30/h4-9,14,17,19,31H,3,10-13,15-16H2,1-2H3,(H2,27,28,29). The number of anilines is 1. The second-order valence-electron chi connectivity index (χ2n) is 8.01. The number of hydrogen-bond acceptors (Lipinski definition) is 3. The molecule has 2 aromatic carbocycles.